The van der Waals surface area contributed by atoms with Gasteiger partial charge in [0.05, 0.1) is 0 Å². The van der Waals surface area contributed by atoms with Crippen LogP contribution in [0.5, 0.6) is 6.01 Å². The minimum absolute atomic E-state index is 0.179. The molecule has 0 saturated carbocycles. The van der Waals surface area contributed by atoms with Gasteiger partial charge in [0.15, 0.2) is 18.4 Å². The predicted molar refractivity (Wildman–Crippen MR) is 69.4 cm³/mol. The smallest absolute Gasteiger partial charge is 0.463 e. The molecule has 136 valence electrons. The number of hydrogen-bond donors (Lipinski definition) is 0. The lowest BCUT2D eigenvalue weighted by Gasteiger charge is -2.22. The third-order valence-corrected chi connectivity index (χ3v) is 3.53. The van der Waals surface area contributed by atoms with Gasteiger partial charge in [-0.1, -0.05) is 0 Å². The van der Waals surface area contributed by atoms with Gasteiger partial charge >= 0.3 is 24.1 Å². The monoisotopic (exact) mass is 364 g/mol. The molecule has 25 heavy (non-hydrogen) atoms. The quantitative estimate of drug-likeness (QED) is 0.687. The first kappa shape index (κ1) is 17.2. The molecule has 12 heteroatoms. The van der Waals surface area contributed by atoms with Gasteiger partial charge in [-0.05, 0) is 0 Å². The zero-order valence-corrected chi connectivity index (χ0v) is 12.6. The summed E-state index contributed by atoms with van der Waals surface area (Å²) in [7, 11) is 0. The van der Waals surface area contributed by atoms with E-state index in [4.69, 9.17) is 14.2 Å². The third-order valence-electron chi connectivity index (χ3n) is 3.53. The molecule has 2 aliphatic heterocycles. The van der Waals surface area contributed by atoms with Crippen LogP contribution in [0.2, 0.25) is 0 Å². The fraction of sp³-hybridized carbons (Fsp3) is 0.538. The highest BCUT2D eigenvalue weighted by molar-refractivity contribution is 5.76. The molecule has 0 N–H and O–H groups in total. The molecule has 0 radical (unpaired) electrons. The zero-order valence-electron chi connectivity index (χ0n) is 12.6. The summed E-state index contributed by atoms with van der Waals surface area (Å²) in [4.78, 5) is 36.9. The molecule has 2 aliphatic rings. The largest absolute Gasteiger partial charge is 0.490 e. The maximum atomic E-state index is 12.5. The highest BCUT2D eigenvalue weighted by atomic mass is 19.4. The van der Waals surface area contributed by atoms with E-state index in [2.05, 4.69) is 9.72 Å². The summed E-state index contributed by atoms with van der Waals surface area (Å²) < 4.78 is 58.8. The third kappa shape index (κ3) is 3.29. The molecule has 3 rings (SSSR count). The normalized spacial score (nSPS) is 27.2. The average Bonchev–Trinajstić information content (AvgIpc) is 3.00. The summed E-state index contributed by atoms with van der Waals surface area (Å²) in [5.41, 5.74) is -0.619. The summed E-state index contributed by atoms with van der Waals surface area (Å²) in [5.74, 6) is -3.12. The summed E-state index contributed by atoms with van der Waals surface area (Å²) in [5, 5.41) is 0. The van der Waals surface area contributed by atoms with E-state index in [1.807, 2.05) is 0 Å². The summed E-state index contributed by atoms with van der Waals surface area (Å²) in [6.45, 7) is 0.664. The number of rotatable bonds is 3. The fourth-order valence-electron chi connectivity index (χ4n) is 2.52. The van der Waals surface area contributed by atoms with Crippen molar-refractivity contribution in [2.45, 2.75) is 37.6 Å². The van der Waals surface area contributed by atoms with E-state index < -0.39 is 54.8 Å². The van der Waals surface area contributed by atoms with E-state index >= 15 is 0 Å². The second kappa shape index (κ2) is 6.02. The van der Waals surface area contributed by atoms with Crippen LogP contribution in [0.1, 0.15) is 13.2 Å². The predicted octanol–water partition coefficient (Wildman–Crippen LogP) is -0.0611. The Kier molecular flexibility index (Phi) is 4.14. The highest BCUT2D eigenvalue weighted by Crippen LogP contribution is 2.40. The van der Waals surface area contributed by atoms with Gasteiger partial charge in [-0.25, -0.2) is 4.79 Å². The van der Waals surface area contributed by atoms with Gasteiger partial charge in [-0.15, -0.1) is 0 Å². The van der Waals surface area contributed by atoms with Crippen molar-refractivity contribution in [3.8, 4) is 6.01 Å². The van der Waals surface area contributed by atoms with Crippen molar-refractivity contribution in [1.29, 1.82) is 0 Å². The Balaban J connectivity index is 1.85. The molecule has 4 atom stereocenters. The van der Waals surface area contributed by atoms with Crippen LogP contribution >= 0.6 is 0 Å². The lowest BCUT2D eigenvalue weighted by molar-refractivity contribution is -0.210. The van der Waals surface area contributed by atoms with Crippen LogP contribution < -0.4 is 10.3 Å². The number of esters is 2. The van der Waals surface area contributed by atoms with Crippen molar-refractivity contribution in [3.05, 3.63) is 22.6 Å². The summed E-state index contributed by atoms with van der Waals surface area (Å²) in [6, 6.07) is 0.927. The first-order valence-electron chi connectivity index (χ1n) is 6.99. The number of carbonyl (C=O) groups excluding carboxylic acids is 2. The number of aromatic nitrogens is 2. The Morgan fingerprint density at radius 1 is 1.40 bits per heavy atom. The van der Waals surface area contributed by atoms with E-state index in [0.29, 0.717) is 0 Å². The Morgan fingerprint density at radius 3 is 2.76 bits per heavy atom. The molecule has 0 spiro atoms. The molecule has 0 aliphatic carbocycles. The van der Waals surface area contributed by atoms with Gasteiger partial charge in [-0.3, -0.25) is 14.2 Å². The maximum Gasteiger partial charge on any atom is 0.490 e. The van der Waals surface area contributed by atoms with E-state index in [1.54, 1.807) is 0 Å². The number of hydrogen-bond acceptors (Lipinski definition) is 8. The maximum absolute atomic E-state index is 12.5. The van der Waals surface area contributed by atoms with Gasteiger partial charge in [0, 0.05) is 19.2 Å². The van der Waals surface area contributed by atoms with Crippen LogP contribution in [0.15, 0.2) is 17.1 Å². The van der Waals surface area contributed by atoms with Crippen molar-refractivity contribution in [3.63, 3.8) is 0 Å². The minimum Gasteiger partial charge on any atom is -0.463 e. The molecule has 9 nitrogen and oxygen atoms in total. The number of fused-ring (bicyclic) bond motifs is 3. The topological polar surface area (TPSA) is 106 Å². The van der Waals surface area contributed by atoms with Gasteiger partial charge in [0.1, 0.15) is 12.7 Å². The van der Waals surface area contributed by atoms with Gasteiger partial charge in [-0.2, -0.15) is 18.2 Å². The molecular formula is C13H11F3N2O7. The molecular weight excluding hydrogens is 353 g/mol. The van der Waals surface area contributed by atoms with Crippen LogP contribution in [0.4, 0.5) is 13.2 Å². The van der Waals surface area contributed by atoms with Crippen molar-refractivity contribution >= 4 is 11.9 Å². The molecule has 1 aromatic heterocycles. The van der Waals surface area contributed by atoms with E-state index in [-0.39, 0.29) is 6.01 Å². The van der Waals surface area contributed by atoms with Crippen molar-refractivity contribution < 1.29 is 41.7 Å². The Hall–Kier alpha value is -2.63. The molecule has 4 unspecified atom stereocenters. The lowest BCUT2D eigenvalue weighted by Crippen LogP contribution is -2.43. The first-order valence-corrected chi connectivity index (χ1v) is 6.99. The van der Waals surface area contributed by atoms with Gasteiger partial charge in [0.25, 0.3) is 5.56 Å². The molecule has 0 bridgehead atoms. The van der Waals surface area contributed by atoms with Crippen LogP contribution in [0, 0.1) is 0 Å². The second-order valence-electron chi connectivity index (χ2n) is 5.27. The van der Waals surface area contributed by atoms with E-state index in [9.17, 15) is 27.6 Å². The summed E-state index contributed by atoms with van der Waals surface area (Å²) >= 11 is 0. The summed E-state index contributed by atoms with van der Waals surface area (Å²) in [6.07, 6.45) is -8.81. The minimum atomic E-state index is -5.22. The number of ether oxygens (including phenoxy) is 4. The lowest BCUT2D eigenvalue weighted by atomic mass is 10.1. The van der Waals surface area contributed by atoms with E-state index in [1.165, 1.54) is 10.8 Å². The molecule has 1 fully saturated rings. The van der Waals surface area contributed by atoms with Crippen molar-refractivity contribution in [1.82, 2.24) is 9.55 Å². The SMILES string of the molecule is CC(=O)OCC1OC2C(Oc3nc(=O)ccn32)C1OC(=O)C(F)(F)F. The van der Waals surface area contributed by atoms with Crippen LogP contribution in [-0.4, -0.2) is 52.6 Å². The highest BCUT2D eigenvalue weighted by Gasteiger charge is 2.56. The van der Waals surface area contributed by atoms with Gasteiger partial charge < -0.3 is 18.9 Å². The Bertz CT molecular complexity index is 763. The average molecular weight is 364 g/mol. The molecule has 1 saturated heterocycles. The molecule has 3 heterocycles. The van der Waals surface area contributed by atoms with Crippen LogP contribution in [-0.2, 0) is 23.8 Å². The Labute approximate surface area is 137 Å². The number of carbonyl (C=O) groups is 2. The zero-order chi connectivity index (χ0) is 18.4. The van der Waals surface area contributed by atoms with Crippen molar-refractivity contribution in [2.75, 3.05) is 6.61 Å². The second-order valence-corrected chi connectivity index (χ2v) is 5.27. The molecule has 0 amide bonds. The fourth-order valence-corrected chi connectivity index (χ4v) is 2.52. The number of nitrogens with zero attached hydrogens (tertiary/aromatic N) is 2. The molecule has 0 aromatic carbocycles. The molecule has 1 aromatic rings. The van der Waals surface area contributed by atoms with E-state index in [0.717, 1.165) is 13.0 Å². The van der Waals surface area contributed by atoms with Crippen LogP contribution in [0.3, 0.4) is 0 Å². The first-order chi connectivity index (χ1) is 11.7. The van der Waals surface area contributed by atoms with Crippen LogP contribution in [0.25, 0.3) is 0 Å². The standard InChI is InChI=1S/C13H11F3N2O7/c1-5(19)22-4-6-8(24-11(21)13(14,15)16)9-10(23-6)18-3-2-7(20)17-12(18)25-9/h2-3,6,8-10H,4H2,1H3. The number of alkyl halides is 3. The number of halogens is 3. The Morgan fingerprint density at radius 2 is 2.12 bits per heavy atom. The van der Waals surface area contributed by atoms with Crippen molar-refractivity contribution in [2.24, 2.45) is 0 Å². The van der Waals surface area contributed by atoms with Gasteiger partial charge in [0.2, 0.25) is 0 Å².